The van der Waals surface area contributed by atoms with E-state index in [-0.39, 0.29) is 10.6 Å². The van der Waals surface area contributed by atoms with Gasteiger partial charge in [0.05, 0.1) is 5.56 Å². The van der Waals surface area contributed by atoms with Gasteiger partial charge >= 0.3 is 0 Å². The Kier molecular flexibility index (Phi) is 4.05. The number of benzene rings is 2. The van der Waals surface area contributed by atoms with Gasteiger partial charge < -0.3 is 11.1 Å². The van der Waals surface area contributed by atoms with Crippen molar-refractivity contribution in [1.82, 2.24) is 0 Å². The van der Waals surface area contributed by atoms with Crippen LogP contribution in [0, 0.1) is 11.6 Å². The molecule has 0 aromatic heterocycles. The van der Waals surface area contributed by atoms with Crippen LogP contribution in [0.4, 0.5) is 14.5 Å². The number of amides is 1. The van der Waals surface area contributed by atoms with Crippen LogP contribution in [0.5, 0.6) is 0 Å². The van der Waals surface area contributed by atoms with Crippen molar-refractivity contribution in [1.29, 1.82) is 0 Å². The van der Waals surface area contributed by atoms with Crippen molar-refractivity contribution >= 4 is 28.8 Å². The Labute approximate surface area is 119 Å². The van der Waals surface area contributed by atoms with Crippen molar-refractivity contribution < 1.29 is 13.6 Å². The number of nitrogens with two attached hydrogens (primary N) is 1. The lowest BCUT2D eigenvalue weighted by atomic mass is 10.1. The minimum Gasteiger partial charge on any atom is -0.389 e. The summed E-state index contributed by atoms with van der Waals surface area (Å²) in [6, 6.07) is 9.22. The fraction of sp³-hybridized carbons (Fsp3) is 0. The first kappa shape index (κ1) is 14.1. The van der Waals surface area contributed by atoms with Crippen LogP contribution in [0.15, 0.2) is 42.5 Å². The SMILES string of the molecule is NC(=S)c1ccc(NC(=O)c2ccc(F)cc2F)cc1. The average Bonchev–Trinajstić information content (AvgIpc) is 2.39. The molecular formula is C14H10F2N2OS. The van der Waals surface area contributed by atoms with Crippen LogP contribution >= 0.6 is 12.2 Å². The second-order valence-electron chi connectivity index (χ2n) is 4.02. The molecule has 0 aliphatic carbocycles. The average molecular weight is 292 g/mol. The van der Waals surface area contributed by atoms with Crippen LogP contribution < -0.4 is 11.1 Å². The Bertz CT molecular complexity index is 671. The van der Waals surface area contributed by atoms with Gasteiger partial charge in [0.1, 0.15) is 16.6 Å². The van der Waals surface area contributed by atoms with Crippen molar-refractivity contribution in [3.05, 3.63) is 65.2 Å². The van der Waals surface area contributed by atoms with Gasteiger partial charge in [-0.05, 0) is 36.4 Å². The number of hydrogen-bond acceptors (Lipinski definition) is 2. The Morgan fingerprint density at radius 3 is 2.30 bits per heavy atom. The molecule has 0 saturated heterocycles. The molecule has 2 aromatic carbocycles. The maximum atomic E-state index is 13.4. The van der Waals surface area contributed by atoms with E-state index >= 15 is 0 Å². The summed E-state index contributed by atoms with van der Waals surface area (Å²) in [5.74, 6) is -2.31. The predicted octanol–water partition coefficient (Wildman–Crippen LogP) is 2.85. The molecular weight excluding hydrogens is 282 g/mol. The molecule has 0 bridgehead atoms. The highest BCUT2D eigenvalue weighted by Crippen LogP contribution is 2.14. The van der Waals surface area contributed by atoms with Gasteiger partial charge in [0.25, 0.3) is 5.91 Å². The van der Waals surface area contributed by atoms with E-state index in [0.29, 0.717) is 17.3 Å². The zero-order chi connectivity index (χ0) is 14.7. The van der Waals surface area contributed by atoms with Gasteiger partial charge in [-0.1, -0.05) is 12.2 Å². The van der Waals surface area contributed by atoms with E-state index in [1.807, 2.05) is 0 Å². The van der Waals surface area contributed by atoms with Crippen molar-refractivity contribution in [2.75, 3.05) is 5.32 Å². The number of thiocarbonyl (C=S) groups is 1. The van der Waals surface area contributed by atoms with Crippen molar-refractivity contribution in [2.24, 2.45) is 5.73 Å². The van der Waals surface area contributed by atoms with Crippen molar-refractivity contribution in [3.8, 4) is 0 Å². The Hall–Kier alpha value is -2.34. The van der Waals surface area contributed by atoms with E-state index < -0.39 is 17.5 Å². The lowest BCUT2D eigenvalue weighted by molar-refractivity contribution is 0.102. The van der Waals surface area contributed by atoms with Crippen LogP contribution in [0.2, 0.25) is 0 Å². The van der Waals surface area contributed by atoms with Crippen molar-refractivity contribution in [3.63, 3.8) is 0 Å². The molecule has 0 fully saturated rings. The second-order valence-corrected chi connectivity index (χ2v) is 4.46. The Morgan fingerprint density at radius 2 is 1.75 bits per heavy atom. The summed E-state index contributed by atoms with van der Waals surface area (Å²) in [7, 11) is 0. The van der Waals surface area contributed by atoms with Crippen molar-refractivity contribution in [2.45, 2.75) is 0 Å². The van der Waals surface area contributed by atoms with E-state index in [0.717, 1.165) is 12.1 Å². The first-order valence-corrected chi connectivity index (χ1v) is 6.04. The number of carbonyl (C=O) groups excluding carboxylic acids is 1. The molecule has 20 heavy (non-hydrogen) atoms. The summed E-state index contributed by atoms with van der Waals surface area (Å²) in [5, 5.41) is 2.50. The minimum absolute atomic E-state index is 0.232. The monoisotopic (exact) mass is 292 g/mol. The molecule has 6 heteroatoms. The summed E-state index contributed by atoms with van der Waals surface area (Å²) < 4.78 is 26.2. The van der Waals surface area contributed by atoms with Gasteiger partial charge in [-0.25, -0.2) is 8.78 Å². The molecule has 0 heterocycles. The van der Waals surface area contributed by atoms with Gasteiger partial charge in [-0.15, -0.1) is 0 Å². The van der Waals surface area contributed by atoms with E-state index in [2.05, 4.69) is 5.32 Å². The van der Waals surface area contributed by atoms with E-state index in [4.69, 9.17) is 18.0 Å². The van der Waals surface area contributed by atoms with Gasteiger partial charge in [0, 0.05) is 17.3 Å². The molecule has 0 aliphatic heterocycles. The van der Waals surface area contributed by atoms with E-state index in [1.165, 1.54) is 0 Å². The molecule has 0 atom stereocenters. The molecule has 3 nitrogen and oxygen atoms in total. The third kappa shape index (κ3) is 3.16. The highest BCUT2D eigenvalue weighted by atomic mass is 32.1. The molecule has 2 rings (SSSR count). The fourth-order valence-corrected chi connectivity index (χ4v) is 1.73. The number of hydrogen-bond donors (Lipinski definition) is 2. The molecule has 0 radical (unpaired) electrons. The van der Waals surface area contributed by atoms with Gasteiger partial charge in [0.15, 0.2) is 0 Å². The molecule has 3 N–H and O–H groups in total. The number of carbonyl (C=O) groups is 1. The fourth-order valence-electron chi connectivity index (χ4n) is 1.59. The molecule has 0 unspecified atom stereocenters. The smallest absolute Gasteiger partial charge is 0.258 e. The normalized spacial score (nSPS) is 10.1. The van der Waals surface area contributed by atoms with Gasteiger partial charge in [-0.3, -0.25) is 4.79 Å². The molecule has 102 valence electrons. The van der Waals surface area contributed by atoms with Crippen LogP contribution in [-0.4, -0.2) is 10.9 Å². The molecule has 2 aromatic rings. The zero-order valence-electron chi connectivity index (χ0n) is 10.2. The van der Waals surface area contributed by atoms with Gasteiger partial charge in [0.2, 0.25) is 0 Å². The lowest BCUT2D eigenvalue weighted by Crippen LogP contribution is -2.14. The lowest BCUT2D eigenvalue weighted by Gasteiger charge is -2.07. The highest BCUT2D eigenvalue weighted by molar-refractivity contribution is 7.80. The van der Waals surface area contributed by atoms with Crippen LogP contribution in [0.25, 0.3) is 0 Å². The van der Waals surface area contributed by atoms with Crippen LogP contribution in [0.3, 0.4) is 0 Å². The largest absolute Gasteiger partial charge is 0.389 e. The zero-order valence-corrected chi connectivity index (χ0v) is 11.0. The first-order chi connectivity index (χ1) is 9.47. The molecule has 0 saturated carbocycles. The third-order valence-electron chi connectivity index (χ3n) is 2.60. The number of halogens is 2. The topological polar surface area (TPSA) is 55.1 Å². The maximum absolute atomic E-state index is 13.4. The number of anilines is 1. The third-order valence-corrected chi connectivity index (χ3v) is 2.84. The summed E-state index contributed by atoms with van der Waals surface area (Å²) in [4.78, 5) is 12.1. The van der Waals surface area contributed by atoms with E-state index in [1.54, 1.807) is 24.3 Å². The summed E-state index contributed by atoms with van der Waals surface area (Å²) in [6.07, 6.45) is 0. The van der Waals surface area contributed by atoms with Gasteiger partial charge in [-0.2, -0.15) is 0 Å². The second kappa shape index (κ2) is 5.75. The Morgan fingerprint density at radius 1 is 1.10 bits per heavy atom. The Balaban J connectivity index is 2.17. The van der Waals surface area contributed by atoms with Crippen LogP contribution in [0.1, 0.15) is 15.9 Å². The number of nitrogens with one attached hydrogen (secondary N) is 1. The quantitative estimate of drug-likeness (QED) is 0.855. The summed E-state index contributed by atoms with van der Waals surface area (Å²) in [6.45, 7) is 0. The summed E-state index contributed by atoms with van der Waals surface area (Å²) >= 11 is 4.80. The van der Waals surface area contributed by atoms with Crippen LogP contribution in [-0.2, 0) is 0 Å². The molecule has 1 amide bonds. The van der Waals surface area contributed by atoms with E-state index in [9.17, 15) is 13.6 Å². The maximum Gasteiger partial charge on any atom is 0.258 e. The molecule has 0 spiro atoms. The predicted molar refractivity (Wildman–Crippen MR) is 76.6 cm³/mol. The summed E-state index contributed by atoms with van der Waals surface area (Å²) in [5.41, 5.74) is 6.33. The standard InChI is InChI=1S/C14H10F2N2OS/c15-9-3-6-11(12(16)7-9)14(19)18-10-4-1-8(2-5-10)13(17)20/h1-7H,(H2,17,20)(H,18,19). The minimum atomic E-state index is -0.915. The first-order valence-electron chi connectivity index (χ1n) is 5.63. The highest BCUT2D eigenvalue weighted by Gasteiger charge is 2.12. The number of rotatable bonds is 3. The molecule has 0 aliphatic rings.